The van der Waals surface area contributed by atoms with E-state index >= 15 is 0 Å². The number of rotatable bonds is 8. The average Bonchev–Trinajstić information content (AvgIpc) is 3.19. The van der Waals surface area contributed by atoms with E-state index in [2.05, 4.69) is 20.4 Å². The fourth-order valence-corrected chi connectivity index (χ4v) is 2.02. The minimum Gasteiger partial charge on any atom is -0.395 e. The van der Waals surface area contributed by atoms with Gasteiger partial charge in [0.25, 0.3) is 5.91 Å². The van der Waals surface area contributed by atoms with Gasteiger partial charge in [-0.25, -0.2) is 0 Å². The van der Waals surface area contributed by atoms with Crippen LogP contribution in [0.2, 0.25) is 0 Å². The van der Waals surface area contributed by atoms with Gasteiger partial charge in [-0.15, -0.1) is 0 Å². The van der Waals surface area contributed by atoms with Crippen LogP contribution < -0.4 is 11.1 Å². The fraction of sp³-hybridized carbons (Fsp3) is 0.692. The lowest BCUT2D eigenvalue weighted by molar-refractivity contribution is 0.0943. The quantitative estimate of drug-likeness (QED) is 0.631. The Labute approximate surface area is 118 Å². The van der Waals surface area contributed by atoms with E-state index in [0.29, 0.717) is 30.5 Å². The second-order valence-corrected chi connectivity index (χ2v) is 5.23. The number of nitrogens with two attached hydrogens (primary N) is 1. The normalized spacial score (nSPS) is 14.8. The van der Waals surface area contributed by atoms with Gasteiger partial charge in [0.2, 0.25) is 0 Å². The number of nitrogen functional groups attached to an aromatic ring is 1. The van der Waals surface area contributed by atoms with Crippen LogP contribution in [-0.4, -0.2) is 61.4 Å². The standard InChI is InChI=1S/C13H23N5O2/c1-18(7-8-20-2)6-5-15-13(19)12-10(14)11(16-17-12)9-3-4-9/h9H,3-8,14H2,1-2H3,(H,15,19)(H,16,17). The van der Waals surface area contributed by atoms with Crippen LogP contribution in [0, 0.1) is 0 Å². The third kappa shape index (κ3) is 3.71. The molecule has 0 spiro atoms. The van der Waals surface area contributed by atoms with Crippen LogP contribution in [0.4, 0.5) is 5.69 Å². The van der Waals surface area contributed by atoms with Crippen molar-refractivity contribution < 1.29 is 9.53 Å². The summed E-state index contributed by atoms with van der Waals surface area (Å²) in [7, 11) is 3.66. The van der Waals surface area contributed by atoms with Crippen molar-refractivity contribution in [3.8, 4) is 0 Å². The molecule has 0 bridgehead atoms. The number of anilines is 1. The molecule has 0 saturated heterocycles. The number of aromatic nitrogens is 2. The van der Waals surface area contributed by atoms with E-state index in [-0.39, 0.29) is 5.91 Å². The summed E-state index contributed by atoms with van der Waals surface area (Å²) in [5.74, 6) is 0.245. The highest BCUT2D eigenvalue weighted by Crippen LogP contribution is 2.42. The van der Waals surface area contributed by atoms with Crippen LogP contribution in [0.1, 0.15) is 34.9 Å². The van der Waals surface area contributed by atoms with Crippen molar-refractivity contribution in [2.24, 2.45) is 0 Å². The first-order valence-electron chi connectivity index (χ1n) is 6.93. The zero-order valence-electron chi connectivity index (χ0n) is 12.1. The van der Waals surface area contributed by atoms with E-state index in [1.54, 1.807) is 7.11 Å². The Balaban J connectivity index is 1.77. The lowest BCUT2D eigenvalue weighted by Crippen LogP contribution is -2.34. The summed E-state index contributed by atoms with van der Waals surface area (Å²) in [5.41, 5.74) is 7.68. The number of carbonyl (C=O) groups is 1. The molecule has 4 N–H and O–H groups in total. The molecule has 1 aromatic rings. The third-order valence-corrected chi connectivity index (χ3v) is 3.49. The maximum Gasteiger partial charge on any atom is 0.273 e. The highest BCUT2D eigenvalue weighted by Gasteiger charge is 2.30. The van der Waals surface area contributed by atoms with Gasteiger partial charge < -0.3 is 20.7 Å². The van der Waals surface area contributed by atoms with Crippen molar-refractivity contribution in [2.75, 3.05) is 46.1 Å². The first kappa shape index (κ1) is 14.8. The van der Waals surface area contributed by atoms with E-state index in [4.69, 9.17) is 10.5 Å². The fourth-order valence-electron chi connectivity index (χ4n) is 2.02. The number of methoxy groups -OCH3 is 1. The van der Waals surface area contributed by atoms with Gasteiger partial charge in [-0.2, -0.15) is 5.10 Å². The Hall–Kier alpha value is -1.60. The molecule has 1 fully saturated rings. The third-order valence-electron chi connectivity index (χ3n) is 3.49. The highest BCUT2D eigenvalue weighted by atomic mass is 16.5. The van der Waals surface area contributed by atoms with E-state index in [0.717, 1.165) is 31.6 Å². The van der Waals surface area contributed by atoms with Gasteiger partial charge >= 0.3 is 0 Å². The lowest BCUT2D eigenvalue weighted by atomic mass is 10.2. The first-order valence-corrected chi connectivity index (χ1v) is 6.93. The summed E-state index contributed by atoms with van der Waals surface area (Å²) in [6, 6.07) is 0. The lowest BCUT2D eigenvalue weighted by Gasteiger charge is -2.15. The molecule has 20 heavy (non-hydrogen) atoms. The number of H-pyrrole nitrogens is 1. The molecule has 0 radical (unpaired) electrons. The minimum absolute atomic E-state index is 0.217. The second-order valence-electron chi connectivity index (χ2n) is 5.23. The van der Waals surface area contributed by atoms with Gasteiger partial charge in [0.15, 0.2) is 5.69 Å². The van der Waals surface area contributed by atoms with Gasteiger partial charge in [-0.1, -0.05) is 0 Å². The van der Waals surface area contributed by atoms with Crippen LogP contribution in [-0.2, 0) is 4.74 Å². The number of likely N-dealkylation sites (N-methyl/N-ethyl adjacent to an activating group) is 1. The van der Waals surface area contributed by atoms with Crippen molar-refractivity contribution in [1.29, 1.82) is 0 Å². The molecule has 2 rings (SSSR count). The SMILES string of the molecule is COCCN(C)CCNC(=O)c1n[nH]c(C2CC2)c1N. The van der Waals surface area contributed by atoms with Crippen molar-refractivity contribution in [3.63, 3.8) is 0 Å². The monoisotopic (exact) mass is 281 g/mol. The summed E-state index contributed by atoms with van der Waals surface area (Å²) < 4.78 is 5.00. The molecular formula is C13H23N5O2. The first-order chi connectivity index (χ1) is 9.63. The summed E-state index contributed by atoms with van der Waals surface area (Å²) >= 11 is 0. The van der Waals surface area contributed by atoms with Gasteiger partial charge in [0, 0.05) is 32.7 Å². The molecule has 1 aliphatic carbocycles. The smallest absolute Gasteiger partial charge is 0.273 e. The van der Waals surface area contributed by atoms with Crippen LogP contribution in [0.5, 0.6) is 0 Å². The maximum absolute atomic E-state index is 12.0. The minimum atomic E-state index is -0.217. The molecule has 112 valence electrons. The molecule has 1 amide bonds. The Kier molecular flexibility index (Phi) is 4.97. The number of carbonyl (C=O) groups excluding carboxylic acids is 1. The summed E-state index contributed by atoms with van der Waals surface area (Å²) in [6.45, 7) is 2.84. The van der Waals surface area contributed by atoms with Crippen LogP contribution in [0.3, 0.4) is 0 Å². The van der Waals surface area contributed by atoms with Crippen LogP contribution in [0.15, 0.2) is 0 Å². The number of ether oxygens (including phenoxy) is 1. The van der Waals surface area contributed by atoms with Gasteiger partial charge in [-0.3, -0.25) is 9.89 Å². The van der Waals surface area contributed by atoms with Crippen molar-refractivity contribution in [3.05, 3.63) is 11.4 Å². The van der Waals surface area contributed by atoms with E-state index in [1.165, 1.54) is 0 Å². The summed E-state index contributed by atoms with van der Waals surface area (Å²) in [4.78, 5) is 14.1. The number of nitrogens with zero attached hydrogens (tertiary/aromatic N) is 2. The molecule has 0 aromatic carbocycles. The summed E-state index contributed by atoms with van der Waals surface area (Å²) in [5, 5.41) is 9.75. The number of amides is 1. The van der Waals surface area contributed by atoms with Gasteiger partial charge in [-0.05, 0) is 19.9 Å². The molecule has 0 unspecified atom stereocenters. The Morgan fingerprint density at radius 3 is 2.95 bits per heavy atom. The van der Waals surface area contributed by atoms with E-state index < -0.39 is 0 Å². The number of nitrogens with one attached hydrogen (secondary N) is 2. The average molecular weight is 281 g/mol. The van der Waals surface area contributed by atoms with Crippen molar-refractivity contribution >= 4 is 11.6 Å². The Morgan fingerprint density at radius 2 is 2.30 bits per heavy atom. The number of hydrogen-bond donors (Lipinski definition) is 3. The molecule has 0 atom stereocenters. The summed E-state index contributed by atoms with van der Waals surface area (Å²) in [6.07, 6.45) is 2.25. The highest BCUT2D eigenvalue weighted by molar-refractivity contribution is 5.97. The number of hydrogen-bond acceptors (Lipinski definition) is 5. The molecule has 0 aliphatic heterocycles. The zero-order chi connectivity index (χ0) is 14.5. The maximum atomic E-state index is 12.0. The molecule has 1 heterocycles. The molecular weight excluding hydrogens is 258 g/mol. The molecule has 7 heteroatoms. The topological polar surface area (TPSA) is 96.3 Å². The number of aromatic amines is 1. The van der Waals surface area contributed by atoms with Crippen LogP contribution in [0.25, 0.3) is 0 Å². The molecule has 1 saturated carbocycles. The molecule has 1 aliphatic rings. The second kappa shape index (κ2) is 6.71. The Morgan fingerprint density at radius 1 is 1.55 bits per heavy atom. The largest absolute Gasteiger partial charge is 0.395 e. The van der Waals surface area contributed by atoms with Crippen molar-refractivity contribution in [1.82, 2.24) is 20.4 Å². The Bertz CT molecular complexity index is 456. The predicted molar refractivity (Wildman–Crippen MR) is 76.7 cm³/mol. The van der Waals surface area contributed by atoms with Crippen molar-refractivity contribution in [2.45, 2.75) is 18.8 Å². The van der Waals surface area contributed by atoms with E-state index in [9.17, 15) is 4.79 Å². The van der Waals surface area contributed by atoms with Gasteiger partial charge in [0.1, 0.15) is 0 Å². The predicted octanol–water partition coefficient (Wildman–Crippen LogP) is 0.177. The molecule has 1 aromatic heterocycles. The zero-order valence-corrected chi connectivity index (χ0v) is 12.1. The molecule has 7 nitrogen and oxygen atoms in total. The van der Waals surface area contributed by atoms with Crippen LogP contribution >= 0.6 is 0 Å². The van der Waals surface area contributed by atoms with Gasteiger partial charge in [0.05, 0.1) is 18.0 Å². The van der Waals surface area contributed by atoms with E-state index in [1.807, 2.05) is 7.05 Å².